The number of benzene rings is 1. The van der Waals surface area contributed by atoms with Crippen LogP contribution in [0.25, 0.3) is 11.3 Å². The number of ether oxygens (including phenoxy) is 1. The lowest BCUT2D eigenvalue weighted by molar-refractivity contribution is 0.0720. The summed E-state index contributed by atoms with van der Waals surface area (Å²) in [6.45, 7) is 1.03. The zero-order chi connectivity index (χ0) is 19.0. The van der Waals surface area contributed by atoms with Gasteiger partial charge in [-0.25, -0.2) is 9.97 Å². The summed E-state index contributed by atoms with van der Waals surface area (Å²) in [7, 11) is 3.39. The van der Waals surface area contributed by atoms with Gasteiger partial charge in [0.05, 0.1) is 25.0 Å². The number of methoxy groups -OCH3 is 1. The molecule has 8 nitrogen and oxygen atoms in total. The molecule has 27 heavy (non-hydrogen) atoms. The molecule has 0 radical (unpaired) electrons. The average Bonchev–Trinajstić information content (AvgIpc) is 3.08. The van der Waals surface area contributed by atoms with Gasteiger partial charge in [-0.05, 0) is 30.2 Å². The predicted octanol–water partition coefficient (Wildman–Crippen LogP) is 1.67. The van der Waals surface area contributed by atoms with Crippen molar-refractivity contribution in [2.45, 2.75) is 13.0 Å². The molecular formula is C19H20N6O2. The molecular weight excluding hydrogens is 344 g/mol. The number of aryl methyl sites for hydroxylation is 1. The van der Waals surface area contributed by atoms with Crippen molar-refractivity contribution < 1.29 is 9.53 Å². The van der Waals surface area contributed by atoms with Gasteiger partial charge in [-0.1, -0.05) is 12.1 Å². The Morgan fingerprint density at radius 2 is 2.15 bits per heavy atom. The van der Waals surface area contributed by atoms with Crippen molar-refractivity contribution in [2.24, 2.45) is 7.05 Å². The Morgan fingerprint density at radius 1 is 1.30 bits per heavy atom. The first-order chi connectivity index (χ1) is 13.0. The molecule has 0 unspecified atom stereocenters. The Labute approximate surface area is 156 Å². The average molecular weight is 364 g/mol. The number of nitrogen functional groups attached to an aromatic ring is 1. The molecule has 1 aliphatic rings. The summed E-state index contributed by atoms with van der Waals surface area (Å²) in [4.78, 5) is 23.1. The summed E-state index contributed by atoms with van der Waals surface area (Å²) in [6, 6.07) is 9.41. The zero-order valence-electron chi connectivity index (χ0n) is 15.2. The van der Waals surface area contributed by atoms with Crippen LogP contribution in [0.1, 0.15) is 21.7 Å². The van der Waals surface area contributed by atoms with Crippen LogP contribution in [0.5, 0.6) is 5.75 Å². The quantitative estimate of drug-likeness (QED) is 0.759. The third-order valence-corrected chi connectivity index (χ3v) is 4.72. The molecule has 0 aliphatic carbocycles. The van der Waals surface area contributed by atoms with Crippen LogP contribution in [0.15, 0.2) is 36.5 Å². The van der Waals surface area contributed by atoms with Crippen molar-refractivity contribution in [1.82, 2.24) is 24.6 Å². The minimum absolute atomic E-state index is 0.0815. The largest absolute Gasteiger partial charge is 0.497 e. The van der Waals surface area contributed by atoms with E-state index in [0.29, 0.717) is 25.2 Å². The topological polar surface area (TPSA) is 99.2 Å². The third-order valence-electron chi connectivity index (χ3n) is 4.72. The van der Waals surface area contributed by atoms with E-state index >= 15 is 0 Å². The number of aromatic nitrogens is 4. The van der Waals surface area contributed by atoms with E-state index in [9.17, 15) is 4.79 Å². The van der Waals surface area contributed by atoms with E-state index in [0.717, 1.165) is 28.3 Å². The molecule has 0 bridgehead atoms. The van der Waals surface area contributed by atoms with Crippen LogP contribution in [-0.4, -0.2) is 44.2 Å². The summed E-state index contributed by atoms with van der Waals surface area (Å²) in [5.74, 6) is 0.891. The number of hydrogen-bond acceptors (Lipinski definition) is 6. The van der Waals surface area contributed by atoms with Gasteiger partial charge in [-0.2, -0.15) is 5.10 Å². The minimum atomic E-state index is -0.0815. The normalized spacial score (nSPS) is 13.3. The molecule has 0 atom stereocenters. The summed E-state index contributed by atoms with van der Waals surface area (Å²) in [5, 5.41) is 4.50. The summed E-state index contributed by atoms with van der Waals surface area (Å²) in [5.41, 5.74) is 9.67. The fraction of sp³-hybridized carbons (Fsp3) is 0.263. The molecule has 1 aromatic carbocycles. The van der Waals surface area contributed by atoms with E-state index in [1.807, 2.05) is 24.3 Å². The predicted molar refractivity (Wildman–Crippen MR) is 100 cm³/mol. The minimum Gasteiger partial charge on any atom is -0.497 e. The lowest BCUT2D eigenvalue weighted by Crippen LogP contribution is -2.37. The fourth-order valence-corrected chi connectivity index (χ4v) is 3.24. The van der Waals surface area contributed by atoms with Gasteiger partial charge in [0.2, 0.25) is 5.95 Å². The molecule has 1 amide bonds. The van der Waals surface area contributed by atoms with Gasteiger partial charge >= 0.3 is 0 Å². The number of carbonyl (C=O) groups is 1. The SMILES string of the molecule is COc1cccc(-c2cc(C(=O)N3CCc4cnc(N)nc4C3)n(C)n2)c1. The van der Waals surface area contributed by atoms with Gasteiger partial charge in [0.25, 0.3) is 5.91 Å². The first-order valence-electron chi connectivity index (χ1n) is 8.63. The number of amides is 1. The van der Waals surface area contributed by atoms with Crippen molar-refractivity contribution in [1.29, 1.82) is 0 Å². The highest BCUT2D eigenvalue weighted by Crippen LogP contribution is 2.25. The molecule has 4 rings (SSSR count). The number of anilines is 1. The Hall–Kier alpha value is -3.42. The number of nitrogens with zero attached hydrogens (tertiary/aromatic N) is 5. The zero-order valence-corrected chi connectivity index (χ0v) is 15.2. The number of fused-ring (bicyclic) bond motifs is 1. The van der Waals surface area contributed by atoms with Crippen molar-refractivity contribution in [3.63, 3.8) is 0 Å². The van der Waals surface area contributed by atoms with Gasteiger partial charge in [0.1, 0.15) is 11.4 Å². The maximum absolute atomic E-state index is 13.0. The maximum atomic E-state index is 13.0. The van der Waals surface area contributed by atoms with Crippen LogP contribution in [0, 0.1) is 0 Å². The Morgan fingerprint density at radius 3 is 2.96 bits per heavy atom. The number of carbonyl (C=O) groups excluding carboxylic acids is 1. The second-order valence-electron chi connectivity index (χ2n) is 6.45. The Bertz CT molecular complexity index is 1010. The van der Waals surface area contributed by atoms with Gasteiger partial charge in [-0.3, -0.25) is 9.48 Å². The van der Waals surface area contributed by atoms with Crippen LogP contribution in [-0.2, 0) is 20.0 Å². The highest BCUT2D eigenvalue weighted by Gasteiger charge is 2.26. The number of rotatable bonds is 3. The molecule has 3 heterocycles. The first kappa shape index (κ1) is 17.0. The molecule has 0 saturated carbocycles. The van der Waals surface area contributed by atoms with Gasteiger partial charge in [-0.15, -0.1) is 0 Å². The highest BCUT2D eigenvalue weighted by atomic mass is 16.5. The molecule has 2 aromatic heterocycles. The van der Waals surface area contributed by atoms with E-state index in [2.05, 4.69) is 15.1 Å². The molecule has 0 spiro atoms. The summed E-state index contributed by atoms with van der Waals surface area (Å²) < 4.78 is 6.88. The monoisotopic (exact) mass is 364 g/mol. The van der Waals surface area contributed by atoms with Crippen molar-refractivity contribution in [2.75, 3.05) is 19.4 Å². The smallest absolute Gasteiger partial charge is 0.272 e. The second-order valence-corrected chi connectivity index (χ2v) is 6.45. The molecule has 1 aliphatic heterocycles. The van der Waals surface area contributed by atoms with E-state index in [-0.39, 0.29) is 11.9 Å². The summed E-state index contributed by atoms with van der Waals surface area (Å²) in [6.07, 6.45) is 2.45. The molecule has 2 N–H and O–H groups in total. The van der Waals surface area contributed by atoms with E-state index in [1.54, 1.807) is 36.0 Å². The lowest BCUT2D eigenvalue weighted by Gasteiger charge is -2.27. The highest BCUT2D eigenvalue weighted by molar-refractivity contribution is 5.94. The molecule has 0 saturated heterocycles. The number of nitrogens with two attached hydrogens (primary N) is 1. The number of hydrogen-bond donors (Lipinski definition) is 1. The van der Waals surface area contributed by atoms with Gasteiger partial charge in [0.15, 0.2) is 0 Å². The molecule has 8 heteroatoms. The van der Waals surface area contributed by atoms with Crippen LogP contribution in [0.4, 0.5) is 5.95 Å². The standard InChI is InChI=1S/C19H20N6O2/c1-24-17(9-15(23-24)12-4-3-5-14(8-12)27-2)18(26)25-7-6-13-10-21-19(20)22-16(13)11-25/h3-5,8-10H,6-7,11H2,1-2H3,(H2,20,21,22). The van der Waals surface area contributed by atoms with Crippen molar-refractivity contribution >= 4 is 11.9 Å². The Balaban J connectivity index is 1.60. The first-order valence-corrected chi connectivity index (χ1v) is 8.63. The molecule has 3 aromatic rings. The van der Waals surface area contributed by atoms with Crippen LogP contribution in [0.2, 0.25) is 0 Å². The van der Waals surface area contributed by atoms with Gasteiger partial charge < -0.3 is 15.4 Å². The van der Waals surface area contributed by atoms with E-state index in [1.165, 1.54) is 0 Å². The van der Waals surface area contributed by atoms with Crippen LogP contribution in [0.3, 0.4) is 0 Å². The Kier molecular flexibility index (Phi) is 4.23. The lowest BCUT2D eigenvalue weighted by atomic mass is 10.1. The second kappa shape index (κ2) is 6.71. The fourth-order valence-electron chi connectivity index (χ4n) is 3.24. The van der Waals surface area contributed by atoms with Crippen LogP contribution >= 0.6 is 0 Å². The third kappa shape index (κ3) is 3.21. The van der Waals surface area contributed by atoms with Gasteiger partial charge in [0, 0.05) is 25.4 Å². The van der Waals surface area contributed by atoms with Crippen molar-refractivity contribution in [3.05, 3.63) is 53.5 Å². The van der Waals surface area contributed by atoms with Crippen LogP contribution < -0.4 is 10.5 Å². The van der Waals surface area contributed by atoms with E-state index in [4.69, 9.17) is 10.5 Å². The van der Waals surface area contributed by atoms with E-state index < -0.39 is 0 Å². The van der Waals surface area contributed by atoms with Crippen molar-refractivity contribution in [3.8, 4) is 17.0 Å². The summed E-state index contributed by atoms with van der Waals surface area (Å²) >= 11 is 0. The molecule has 0 fully saturated rings. The maximum Gasteiger partial charge on any atom is 0.272 e. The molecule has 138 valence electrons.